The van der Waals surface area contributed by atoms with Crippen LogP contribution in [0.5, 0.6) is 0 Å². The van der Waals surface area contributed by atoms with Gasteiger partial charge in [0.25, 0.3) is 0 Å². The van der Waals surface area contributed by atoms with Crippen molar-refractivity contribution >= 4 is 5.69 Å². The van der Waals surface area contributed by atoms with Gasteiger partial charge >= 0.3 is 0 Å². The van der Waals surface area contributed by atoms with Crippen LogP contribution in [0, 0.1) is 5.92 Å². The van der Waals surface area contributed by atoms with Crippen LogP contribution in [0.1, 0.15) is 31.7 Å². The third-order valence-corrected chi connectivity index (χ3v) is 3.62. The number of nitrogens with zero attached hydrogens (tertiary/aromatic N) is 1. The molecule has 2 atom stereocenters. The van der Waals surface area contributed by atoms with Crippen LogP contribution in [0.25, 0.3) is 0 Å². The van der Waals surface area contributed by atoms with E-state index in [0.29, 0.717) is 6.04 Å². The van der Waals surface area contributed by atoms with Crippen LogP contribution < -0.4 is 4.90 Å². The molecule has 14 heavy (non-hydrogen) atoms. The van der Waals surface area contributed by atoms with Gasteiger partial charge < -0.3 is 4.90 Å². The largest absolute Gasteiger partial charge is 0.369 e. The van der Waals surface area contributed by atoms with Gasteiger partial charge in [-0.3, -0.25) is 0 Å². The third kappa shape index (κ3) is 1.08. The number of rotatable bonds is 1. The number of benzene rings is 1. The molecule has 1 fully saturated rings. The number of hydrogen-bond acceptors (Lipinski definition) is 1. The zero-order valence-electron chi connectivity index (χ0n) is 8.90. The lowest BCUT2D eigenvalue weighted by atomic mass is 10.0. The first-order valence-electron chi connectivity index (χ1n) is 5.63. The molecule has 0 saturated heterocycles. The summed E-state index contributed by atoms with van der Waals surface area (Å²) < 4.78 is 0. The Bertz CT molecular complexity index is 356. The summed E-state index contributed by atoms with van der Waals surface area (Å²) in [5.74, 6) is 1.84. The maximum Gasteiger partial charge on any atom is 0.0404 e. The van der Waals surface area contributed by atoms with Gasteiger partial charge in [-0.05, 0) is 43.7 Å². The molecule has 1 heteroatoms. The molecular weight excluding hydrogens is 170 g/mol. The van der Waals surface area contributed by atoms with E-state index in [-0.39, 0.29) is 0 Å². The second-order valence-electron chi connectivity index (χ2n) is 4.91. The SMILES string of the molecule is CC(C)N1CC2CC2c2ccccc21. The smallest absolute Gasteiger partial charge is 0.0404 e. The molecule has 3 rings (SSSR count). The van der Waals surface area contributed by atoms with Gasteiger partial charge in [0.05, 0.1) is 0 Å². The molecular formula is C13H17N. The van der Waals surface area contributed by atoms with Gasteiger partial charge in [0, 0.05) is 18.3 Å². The highest BCUT2D eigenvalue weighted by Gasteiger charge is 2.45. The summed E-state index contributed by atoms with van der Waals surface area (Å²) in [6.07, 6.45) is 1.42. The minimum Gasteiger partial charge on any atom is -0.369 e. The van der Waals surface area contributed by atoms with Crippen LogP contribution in [0.2, 0.25) is 0 Å². The van der Waals surface area contributed by atoms with Crippen LogP contribution in [-0.4, -0.2) is 12.6 Å². The first kappa shape index (κ1) is 8.34. The molecule has 2 aliphatic rings. The fourth-order valence-electron chi connectivity index (χ4n) is 2.73. The molecule has 1 aliphatic heterocycles. The van der Waals surface area contributed by atoms with Gasteiger partial charge in [-0.15, -0.1) is 0 Å². The molecule has 1 aliphatic carbocycles. The third-order valence-electron chi connectivity index (χ3n) is 3.62. The fourth-order valence-corrected chi connectivity index (χ4v) is 2.73. The molecule has 1 aromatic rings. The summed E-state index contributed by atoms with van der Waals surface area (Å²) in [5, 5.41) is 0. The van der Waals surface area contributed by atoms with Crippen molar-refractivity contribution in [2.24, 2.45) is 5.92 Å². The Balaban J connectivity index is 2.06. The molecule has 2 unspecified atom stereocenters. The van der Waals surface area contributed by atoms with E-state index in [2.05, 4.69) is 43.0 Å². The molecule has 1 saturated carbocycles. The molecule has 1 nitrogen and oxygen atoms in total. The summed E-state index contributed by atoms with van der Waals surface area (Å²) >= 11 is 0. The molecule has 1 heterocycles. The van der Waals surface area contributed by atoms with Crippen molar-refractivity contribution < 1.29 is 0 Å². The van der Waals surface area contributed by atoms with Crippen molar-refractivity contribution in [2.45, 2.75) is 32.2 Å². The van der Waals surface area contributed by atoms with Crippen molar-refractivity contribution in [2.75, 3.05) is 11.4 Å². The zero-order valence-corrected chi connectivity index (χ0v) is 8.90. The molecule has 74 valence electrons. The van der Waals surface area contributed by atoms with Gasteiger partial charge in [-0.2, -0.15) is 0 Å². The van der Waals surface area contributed by atoms with E-state index in [1.54, 1.807) is 5.56 Å². The predicted octanol–water partition coefficient (Wildman–Crippen LogP) is 3.02. The van der Waals surface area contributed by atoms with E-state index in [4.69, 9.17) is 0 Å². The van der Waals surface area contributed by atoms with Crippen molar-refractivity contribution in [3.63, 3.8) is 0 Å². The summed E-state index contributed by atoms with van der Waals surface area (Å²) in [6.45, 7) is 5.86. The van der Waals surface area contributed by atoms with E-state index >= 15 is 0 Å². The van der Waals surface area contributed by atoms with E-state index in [1.165, 1.54) is 18.7 Å². The Morgan fingerprint density at radius 2 is 2.07 bits per heavy atom. The van der Waals surface area contributed by atoms with Crippen LogP contribution in [0.4, 0.5) is 5.69 Å². The van der Waals surface area contributed by atoms with Gasteiger partial charge in [0.1, 0.15) is 0 Å². The van der Waals surface area contributed by atoms with Crippen molar-refractivity contribution in [1.29, 1.82) is 0 Å². The highest BCUT2D eigenvalue weighted by atomic mass is 15.2. The van der Waals surface area contributed by atoms with E-state index < -0.39 is 0 Å². The van der Waals surface area contributed by atoms with Gasteiger partial charge in [0.2, 0.25) is 0 Å². The van der Waals surface area contributed by atoms with Crippen LogP contribution in [0.15, 0.2) is 24.3 Å². The maximum absolute atomic E-state index is 2.56. The minimum atomic E-state index is 0.637. The number of hydrogen-bond donors (Lipinski definition) is 0. The van der Waals surface area contributed by atoms with Crippen LogP contribution in [-0.2, 0) is 0 Å². The molecule has 0 aromatic heterocycles. The number of para-hydroxylation sites is 1. The average molecular weight is 187 g/mol. The molecule has 0 amide bonds. The standard InChI is InChI=1S/C13H17N/c1-9(2)14-8-10-7-12(10)11-5-3-4-6-13(11)14/h3-6,9-10,12H,7-8H2,1-2H3. The lowest BCUT2D eigenvalue weighted by Crippen LogP contribution is -2.35. The molecule has 0 radical (unpaired) electrons. The molecule has 0 N–H and O–H groups in total. The van der Waals surface area contributed by atoms with E-state index in [1.807, 2.05) is 0 Å². The Labute approximate surface area is 85.7 Å². The number of anilines is 1. The fraction of sp³-hybridized carbons (Fsp3) is 0.538. The normalized spacial score (nSPS) is 28.6. The highest BCUT2D eigenvalue weighted by molar-refractivity contribution is 5.60. The monoisotopic (exact) mass is 187 g/mol. The Morgan fingerprint density at radius 1 is 1.29 bits per heavy atom. The van der Waals surface area contributed by atoms with Crippen LogP contribution in [0.3, 0.4) is 0 Å². The second kappa shape index (κ2) is 2.75. The zero-order chi connectivity index (χ0) is 9.71. The Hall–Kier alpha value is -0.980. The molecule has 0 bridgehead atoms. The first-order chi connectivity index (χ1) is 6.77. The maximum atomic E-state index is 2.56. The van der Waals surface area contributed by atoms with Gasteiger partial charge in [0.15, 0.2) is 0 Å². The average Bonchev–Trinajstić information content (AvgIpc) is 2.95. The summed E-state index contributed by atoms with van der Waals surface area (Å²) in [4.78, 5) is 2.56. The van der Waals surface area contributed by atoms with Crippen LogP contribution >= 0.6 is 0 Å². The molecule has 0 spiro atoms. The van der Waals surface area contributed by atoms with Crippen molar-refractivity contribution in [3.05, 3.63) is 29.8 Å². The Morgan fingerprint density at radius 3 is 2.86 bits per heavy atom. The number of fused-ring (bicyclic) bond motifs is 3. The van der Waals surface area contributed by atoms with Gasteiger partial charge in [-0.1, -0.05) is 18.2 Å². The first-order valence-corrected chi connectivity index (χ1v) is 5.63. The summed E-state index contributed by atoms with van der Waals surface area (Å²) in [5.41, 5.74) is 3.08. The lowest BCUT2D eigenvalue weighted by molar-refractivity contribution is 0.615. The summed E-state index contributed by atoms with van der Waals surface area (Å²) in [7, 11) is 0. The van der Waals surface area contributed by atoms with E-state index in [9.17, 15) is 0 Å². The van der Waals surface area contributed by atoms with Crippen molar-refractivity contribution in [1.82, 2.24) is 0 Å². The van der Waals surface area contributed by atoms with Crippen molar-refractivity contribution in [3.8, 4) is 0 Å². The molecule has 1 aromatic carbocycles. The quantitative estimate of drug-likeness (QED) is 0.653. The van der Waals surface area contributed by atoms with E-state index in [0.717, 1.165) is 11.8 Å². The minimum absolute atomic E-state index is 0.637. The lowest BCUT2D eigenvalue weighted by Gasteiger charge is -2.34. The Kier molecular flexibility index (Phi) is 1.64. The predicted molar refractivity (Wildman–Crippen MR) is 59.8 cm³/mol. The summed E-state index contributed by atoms with van der Waals surface area (Å²) in [6, 6.07) is 9.57. The second-order valence-corrected chi connectivity index (χ2v) is 4.91. The van der Waals surface area contributed by atoms with Gasteiger partial charge in [-0.25, -0.2) is 0 Å². The highest BCUT2D eigenvalue weighted by Crippen LogP contribution is 2.54. The topological polar surface area (TPSA) is 3.24 Å².